The molecule has 20 heavy (non-hydrogen) atoms. The molecule has 0 unspecified atom stereocenters. The average molecular weight is 276 g/mol. The molecule has 0 saturated heterocycles. The van der Waals surface area contributed by atoms with Crippen molar-refractivity contribution in [3.63, 3.8) is 0 Å². The second kappa shape index (κ2) is 5.64. The number of hydrogen-bond donors (Lipinski definition) is 2. The quantitative estimate of drug-likeness (QED) is 0.866. The van der Waals surface area contributed by atoms with Gasteiger partial charge in [-0.05, 0) is 24.6 Å². The topological polar surface area (TPSA) is 84.5 Å². The zero-order valence-electron chi connectivity index (χ0n) is 11.3. The van der Waals surface area contributed by atoms with Gasteiger partial charge in [-0.2, -0.15) is 0 Å². The molecule has 2 N–H and O–H groups in total. The van der Waals surface area contributed by atoms with Gasteiger partial charge in [0.1, 0.15) is 5.76 Å². The number of aromatic carboxylic acids is 1. The van der Waals surface area contributed by atoms with Crippen LogP contribution in [0.4, 0.5) is 0 Å². The highest BCUT2D eigenvalue weighted by molar-refractivity contribution is 5.92. The van der Waals surface area contributed by atoms with Crippen molar-refractivity contribution in [3.8, 4) is 0 Å². The summed E-state index contributed by atoms with van der Waals surface area (Å²) in [5.74, 6) is -0.609. The number of nitrogens with one attached hydrogen (secondary N) is 1. The van der Waals surface area contributed by atoms with Crippen molar-refractivity contribution in [1.82, 2.24) is 9.88 Å². The Hall–Kier alpha value is -2.50. The number of aromatic nitrogens is 1. The first kappa shape index (κ1) is 13.9. The molecule has 6 heteroatoms. The maximum Gasteiger partial charge on any atom is 0.337 e. The number of carbonyl (C=O) groups excluding carboxylic acids is 1. The van der Waals surface area contributed by atoms with Crippen molar-refractivity contribution in [2.75, 3.05) is 0 Å². The summed E-state index contributed by atoms with van der Waals surface area (Å²) in [6, 6.07) is 3.50. The number of furan rings is 1. The van der Waals surface area contributed by atoms with Crippen molar-refractivity contribution < 1.29 is 19.1 Å². The third kappa shape index (κ3) is 2.90. The summed E-state index contributed by atoms with van der Waals surface area (Å²) < 4.78 is 6.78. The fourth-order valence-corrected chi connectivity index (χ4v) is 2.16. The number of aryl methyl sites for hydroxylation is 2. The first-order valence-electron chi connectivity index (χ1n) is 6.16. The van der Waals surface area contributed by atoms with Crippen LogP contribution >= 0.6 is 0 Å². The standard InChI is InChI=1S/C14H16N2O4/c1-9-8-16(2)11(13(9)14(18)19)6-12(17)15-7-10-4-3-5-20-10/h3-5,8H,6-7H2,1-2H3,(H,15,17)(H,18,19). The van der Waals surface area contributed by atoms with Crippen molar-refractivity contribution in [2.45, 2.75) is 19.9 Å². The van der Waals surface area contributed by atoms with Gasteiger partial charge < -0.3 is 19.4 Å². The number of nitrogens with zero attached hydrogens (tertiary/aromatic N) is 1. The molecule has 2 aromatic rings. The summed E-state index contributed by atoms with van der Waals surface area (Å²) in [6.45, 7) is 2.01. The Morgan fingerprint density at radius 1 is 1.45 bits per heavy atom. The van der Waals surface area contributed by atoms with E-state index in [2.05, 4.69) is 5.32 Å². The lowest BCUT2D eigenvalue weighted by atomic mass is 10.1. The Bertz CT molecular complexity index is 626. The molecule has 2 heterocycles. The summed E-state index contributed by atoms with van der Waals surface area (Å²) in [5.41, 5.74) is 1.33. The summed E-state index contributed by atoms with van der Waals surface area (Å²) >= 11 is 0. The Morgan fingerprint density at radius 2 is 2.20 bits per heavy atom. The van der Waals surface area contributed by atoms with Crippen LogP contribution in [0, 0.1) is 6.92 Å². The van der Waals surface area contributed by atoms with Crippen LogP contribution in [0.5, 0.6) is 0 Å². The zero-order chi connectivity index (χ0) is 14.7. The van der Waals surface area contributed by atoms with Gasteiger partial charge in [0, 0.05) is 18.9 Å². The summed E-state index contributed by atoms with van der Waals surface area (Å²) in [4.78, 5) is 23.1. The van der Waals surface area contributed by atoms with E-state index in [0.29, 0.717) is 17.0 Å². The third-order valence-corrected chi connectivity index (χ3v) is 3.08. The molecule has 1 amide bonds. The molecule has 0 atom stereocenters. The first-order chi connectivity index (χ1) is 9.49. The average Bonchev–Trinajstić information content (AvgIpc) is 2.96. The number of carboxylic acids is 1. The predicted molar refractivity (Wildman–Crippen MR) is 71.4 cm³/mol. The maximum atomic E-state index is 11.9. The molecule has 0 spiro atoms. The maximum absolute atomic E-state index is 11.9. The van der Waals surface area contributed by atoms with Gasteiger partial charge in [0.05, 0.1) is 24.8 Å². The zero-order valence-corrected chi connectivity index (χ0v) is 11.3. The smallest absolute Gasteiger partial charge is 0.337 e. The Labute approximate surface area is 116 Å². The van der Waals surface area contributed by atoms with Gasteiger partial charge >= 0.3 is 5.97 Å². The molecule has 0 aromatic carbocycles. The van der Waals surface area contributed by atoms with Gasteiger partial charge in [0.15, 0.2) is 0 Å². The van der Waals surface area contributed by atoms with E-state index in [-0.39, 0.29) is 24.4 Å². The van der Waals surface area contributed by atoms with E-state index in [1.54, 1.807) is 36.9 Å². The Morgan fingerprint density at radius 3 is 2.80 bits per heavy atom. The lowest BCUT2D eigenvalue weighted by molar-refractivity contribution is -0.120. The minimum atomic E-state index is -1.02. The van der Waals surface area contributed by atoms with Crippen molar-refractivity contribution in [1.29, 1.82) is 0 Å². The summed E-state index contributed by atoms with van der Waals surface area (Å²) in [5, 5.41) is 11.9. The van der Waals surface area contributed by atoms with Crippen molar-refractivity contribution in [2.24, 2.45) is 7.05 Å². The van der Waals surface area contributed by atoms with Crippen LogP contribution in [0.1, 0.15) is 27.4 Å². The molecule has 0 aliphatic carbocycles. The number of carboxylic acid groups (broad SMARTS) is 1. The minimum absolute atomic E-state index is 0.0205. The van der Waals surface area contributed by atoms with Crippen molar-refractivity contribution in [3.05, 3.63) is 47.2 Å². The molecule has 0 bridgehead atoms. The van der Waals surface area contributed by atoms with Crippen LogP contribution in [-0.2, 0) is 24.8 Å². The minimum Gasteiger partial charge on any atom is -0.478 e. The molecular formula is C14H16N2O4. The highest BCUT2D eigenvalue weighted by Crippen LogP contribution is 2.16. The van der Waals surface area contributed by atoms with E-state index in [1.807, 2.05) is 0 Å². The van der Waals surface area contributed by atoms with Gasteiger partial charge in [-0.15, -0.1) is 0 Å². The number of hydrogen-bond acceptors (Lipinski definition) is 3. The van der Waals surface area contributed by atoms with Gasteiger partial charge in [0.25, 0.3) is 0 Å². The van der Waals surface area contributed by atoms with Crippen molar-refractivity contribution >= 4 is 11.9 Å². The number of amides is 1. The van der Waals surface area contributed by atoms with Gasteiger partial charge in [-0.1, -0.05) is 0 Å². The van der Waals surface area contributed by atoms with Crippen LogP contribution < -0.4 is 5.32 Å². The lowest BCUT2D eigenvalue weighted by Crippen LogP contribution is -2.26. The largest absolute Gasteiger partial charge is 0.478 e. The van der Waals surface area contributed by atoms with Crippen LogP contribution in [0.15, 0.2) is 29.0 Å². The highest BCUT2D eigenvalue weighted by Gasteiger charge is 2.19. The molecule has 6 nitrogen and oxygen atoms in total. The SMILES string of the molecule is Cc1cn(C)c(CC(=O)NCc2ccco2)c1C(=O)O. The van der Waals surface area contributed by atoms with E-state index in [0.717, 1.165) is 0 Å². The van der Waals surface area contributed by atoms with Crippen LogP contribution in [0.3, 0.4) is 0 Å². The molecule has 0 aliphatic rings. The molecule has 0 aliphatic heterocycles. The van der Waals surface area contributed by atoms with Crippen LogP contribution in [0.2, 0.25) is 0 Å². The molecule has 0 radical (unpaired) electrons. The van der Waals surface area contributed by atoms with Gasteiger partial charge in [0.2, 0.25) is 5.91 Å². The van der Waals surface area contributed by atoms with Gasteiger partial charge in [-0.3, -0.25) is 4.79 Å². The van der Waals surface area contributed by atoms with E-state index in [1.165, 1.54) is 6.26 Å². The molecule has 0 fully saturated rings. The second-order valence-corrected chi connectivity index (χ2v) is 4.58. The first-order valence-corrected chi connectivity index (χ1v) is 6.16. The van der Waals surface area contributed by atoms with Crippen LogP contribution in [-0.4, -0.2) is 21.6 Å². The predicted octanol–water partition coefficient (Wildman–Crippen LogP) is 1.48. The third-order valence-electron chi connectivity index (χ3n) is 3.08. The molecule has 2 aromatic heterocycles. The van der Waals surface area contributed by atoms with Crippen LogP contribution in [0.25, 0.3) is 0 Å². The Balaban J connectivity index is 2.06. The van der Waals surface area contributed by atoms with E-state index < -0.39 is 5.97 Å². The number of carbonyl (C=O) groups is 2. The monoisotopic (exact) mass is 276 g/mol. The van der Waals surface area contributed by atoms with Gasteiger partial charge in [-0.25, -0.2) is 4.79 Å². The number of rotatable bonds is 5. The van der Waals surface area contributed by atoms with E-state index in [4.69, 9.17) is 4.42 Å². The fourth-order valence-electron chi connectivity index (χ4n) is 2.16. The second-order valence-electron chi connectivity index (χ2n) is 4.58. The normalized spacial score (nSPS) is 10.5. The molecule has 106 valence electrons. The summed E-state index contributed by atoms with van der Waals surface area (Å²) in [7, 11) is 1.73. The fraction of sp³-hybridized carbons (Fsp3) is 0.286. The Kier molecular flexibility index (Phi) is 3.93. The highest BCUT2D eigenvalue weighted by atomic mass is 16.4. The summed E-state index contributed by atoms with van der Waals surface area (Å²) in [6.07, 6.45) is 3.26. The molecule has 0 saturated carbocycles. The van der Waals surface area contributed by atoms with E-state index >= 15 is 0 Å². The molecular weight excluding hydrogens is 260 g/mol. The lowest BCUT2D eigenvalue weighted by Gasteiger charge is -2.06. The molecule has 2 rings (SSSR count). The van der Waals surface area contributed by atoms with E-state index in [9.17, 15) is 14.7 Å².